The Kier molecular flexibility index (Phi) is 4.71. The van der Waals surface area contributed by atoms with Gasteiger partial charge in [-0.3, -0.25) is 9.36 Å². The Morgan fingerprint density at radius 2 is 2.07 bits per heavy atom. The van der Waals surface area contributed by atoms with Gasteiger partial charge in [-0.2, -0.15) is 0 Å². The minimum absolute atomic E-state index is 0.104. The highest BCUT2D eigenvalue weighted by molar-refractivity contribution is 7.19. The fourth-order valence-corrected chi connectivity index (χ4v) is 4.42. The van der Waals surface area contributed by atoms with Crippen LogP contribution >= 0.6 is 11.3 Å². The molecular weight excluding hydrogens is 392 g/mol. The molecule has 1 N–H and O–H groups in total. The Bertz CT molecular complexity index is 1300. The van der Waals surface area contributed by atoms with Crippen molar-refractivity contribution < 1.29 is 19.1 Å². The third-order valence-electron chi connectivity index (χ3n) is 4.72. The van der Waals surface area contributed by atoms with E-state index in [2.05, 4.69) is 4.98 Å². The van der Waals surface area contributed by atoms with E-state index >= 15 is 0 Å². The van der Waals surface area contributed by atoms with Crippen molar-refractivity contribution in [1.82, 2.24) is 9.55 Å². The zero-order valence-electron chi connectivity index (χ0n) is 16.1. The number of aryl methyl sites for hydroxylation is 2. The first-order valence-electron chi connectivity index (χ1n) is 8.86. The Hall–Kier alpha value is -3.39. The molecule has 7 nitrogen and oxygen atoms in total. The summed E-state index contributed by atoms with van der Waals surface area (Å²) in [6.45, 7) is 3.82. The minimum Gasteiger partial charge on any atom is -0.497 e. The van der Waals surface area contributed by atoms with Crippen LogP contribution in [-0.2, 0) is 6.54 Å². The van der Waals surface area contributed by atoms with Crippen LogP contribution < -0.4 is 10.3 Å². The highest BCUT2D eigenvalue weighted by atomic mass is 32.1. The normalized spacial score (nSPS) is 11.1. The molecule has 3 heterocycles. The number of ether oxygens (including phenoxy) is 1. The molecule has 4 rings (SSSR count). The topological polar surface area (TPSA) is 94.6 Å². The second-order valence-electron chi connectivity index (χ2n) is 6.57. The SMILES string of the molecule is COc1cccc(-c2c(C)sc3nc(C)n(Cc4ccc(C(=O)O)o4)c(=O)c23)c1. The monoisotopic (exact) mass is 410 g/mol. The molecule has 0 aliphatic heterocycles. The summed E-state index contributed by atoms with van der Waals surface area (Å²) in [5.41, 5.74) is 1.53. The number of rotatable bonds is 5. The van der Waals surface area contributed by atoms with E-state index in [0.717, 1.165) is 16.0 Å². The zero-order chi connectivity index (χ0) is 20.7. The lowest BCUT2D eigenvalue weighted by molar-refractivity contribution is 0.0660. The molecule has 3 aromatic heterocycles. The Balaban J connectivity index is 1.89. The minimum atomic E-state index is -1.15. The number of aromatic carboxylic acids is 1. The van der Waals surface area contributed by atoms with E-state index in [4.69, 9.17) is 14.3 Å². The molecule has 4 aromatic rings. The lowest BCUT2D eigenvalue weighted by Gasteiger charge is -2.09. The molecule has 0 amide bonds. The van der Waals surface area contributed by atoms with Crippen LogP contribution in [-0.4, -0.2) is 27.7 Å². The third-order valence-corrected chi connectivity index (χ3v) is 5.72. The lowest BCUT2D eigenvalue weighted by Crippen LogP contribution is -2.24. The standard InChI is InChI=1S/C21H18N2O5S/c1-11-17(13-5-4-6-14(9-13)27-3)18-19(29-11)22-12(2)23(20(18)24)10-15-7-8-16(28-15)21(25)26/h4-9H,10H2,1-3H3,(H,25,26). The Morgan fingerprint density at radius 1 is 1.28 bits per heavy atom. The molecule has 0 radical (unpaired) electrons. The van der Waals surface area contributed by atoms with Gasteiger partial charge in [0, 0.05) is 10.4 Å². The highest BCUT2D eigenvalue weighted by Gasteiger charge is 2.20. The van der Waals surface area contributed by atoms with E-state index in [1.165, 1.54) is 22.0 Å². The molecule has 0 spiro atoms. The number of furan rings is 1. The van der Waals surface area contributed by atoms with Gasteiger partial charge in [0.15, 0.2) is 0 Å². The molecule has 8 heteroatoms. The summed E-state index contributed by atoms with van der Waals surface area (Å²) >= 11 is 1.47. The van der Waals surface area contributed by atoms with E-state index < -0.39 is 5.97 Å². The number of carbonyl (C=O) groups is 1. The van der Waals surface area contributed by atoms with Gasteiger partial charge in [0.25, 0.3) is 5.56 Å². The van der Waals surface area contributed by atoms with E-state index in [1.54, 1.807) is 20.1 Å². The van der Waals surface area contributed by atoms with Crippen molar-refractivity contribution >= 4 is 27.5 Å². The van der Waals surface area contributed by atoms with Crippen molar-refractivity contribution in [3.8, 4) is 16.9 Å². The quantitative estimate of drug-likeness (QED) is 0.533. The zero-order valence-corrected chi connectivity index (χ0v) is 16.9. The smallest absolute Gasteiger partial charge is 0.371 e. The summed E-state index contributed by atoms with van der Waals surface area (Å²) in [6, 6.07) is 10.5. The van der Waals surface area contributed by atoms with Gasteiger partial charge >= 0.3 is 5.97 Å². The van der Waals surface area contributed by atoms with Crippen molar-refractivity contribution in [2.45, 2.75) is 20.4 Å². The maximum Gasteiger partial charge on any atom is 0.371 e. The predicted octanol–water partition coefficient (Wildman–Crippen LogP) is 4.09. The Labute approximate surface area is 169 Å². The first-order chi connectivity index (χ1) is 13.9. The molecule has 29 heavy (non-hydrogen) atoms. The van der Waals surface area contributed by atoms with Gasteiger partial charge < -0.3 is 14.3 Å². The van der Waals surface area contributed by atoms with Crippen molar-refractivity contribution in [3.63, 3.8) is 0 Å². The van der Waals surface area contributed by atoms with E-state index in [0.29, 0.717) is 27.6 Å². The van der Waals surface area contributed by atoms with Crippen molar-refractivity contribution in [1.29, 1.82) is 0 Å². The van der Waals surface area contributed by atoms with Crippen LogP contribution in [0.5, 0.6) is 5.75 Å². The molecule has 0 saturated heterocycles. The lowest BCUT2D eigenvalue weighted by atomic mass is 10.0. The number of carboxylic acid groups (broad SMARTS) is 1. The average Bonchev–Trinajstić information content (AvgIpc) is 3.29. The van der Waals surface area contributed by atoms with Crippen molar-refractivity contribution in [3.05, 3.63) is 69.0 Å². The van der Waals surface area contributed by atoms with Crippen LogP contribution in [0.2, 0.25) is 0 Å². The van der Waals surface area contributed by atoms with Gasteiger partial charge in [-0.25, -0.2) is 9.78 Å². The fraction of sp³-hybridized carbons (Fsp3) is 0.190. The van der Waals surface area contributed by atoms with E-state index in [9.17, 15) is 9.59 Å². The number of hydrogen-bond acceptors (Lipinski definition) is 6. The summed E-state index contributed by atoms with van der Waals surface area (Å²) in [5, 5.41) is 9.58. The van der Waals surface area contributed by atoms with Crippen LogP contribution in [0.15, 0.2) is 45.6 Å². The molecule has 0 bridgehead atoms. The number of methoxy groups -OCH3 is 1. The number of hydrogen-bond donors (Lipinski definition) is 1. The van der Waals surface area contributed by atoms with Crippen LogP contribution in [0.4, 0.5) is 0 Å². The summed E-state index contributed by atoms with van der Waals surface area (Å²) in [4.78, 5) is 30.7. The molecule has 0 unspecified atom stereocenters. The van der Waals surface area contributed by atoms with Crippen molar-refractivity contribution in [2.75, 3.05) is 7.11 Å². The fourth-order valence-electron chi connectivity index (χ4n) is 3.34. The third kappa shape index (κ3) is 3.31. The summed E-state index contributed by atoms with van der Waals surface area (Å²) in [7, 11) is 1.60. The molecule has 1 aromatic carbocycles. The molecule has 0 atom stereocenters. The predicted molar refractivity (Wildman–Crippen MR) is 110 cm³/mol. The van der Waals surface area contributed by atoms with E-state index in [-0.39, 0.29) is 17.9 Å². The highest BCUT2D eigenvalue weighted by Crippen LogP contribution is 2.37. The molecule has 0 aliphatic carbocycles. The molecule has 0 saturated carbocycles. The van der Waals surface area contributed by atoms with Crippen LogP contribution in [0.1, 0.15) is 27.0 Å². The Morgan fingerprint density at radius 3 is 2.76 bits per heavy atom. The second kappa shape index (κ2) is 7.21. The van der Waals surface area contributed by atoms with E-state index in [1.807, 2.05) is 31.2 Å². The summed E-state index contributed by atoms with van der Waals surface area (Å²) in [6.07, 6.45) is 0. The second-order valence-corrected chi connectivity index (χ2v) is 7.77. The van der Waals surface area contributed by atoms with Gasteiger partial charge in [-0.1, -0.05) is 12.1 Å². The summed E-state index contributed by atoms with van der Waals surface area (Å²) < 4.78 is 12.1. The van der Waals surface area contributed by atoms with Gasteiger partial charge in [0.2, 0.25) is 5.76 Å². The number of thiophene rings is 1. The van der Waals surface area contributed by atoms with Gasteiger partial charge in [-0.15, -0.1) is 11.3 Å². The maximum atomic E-state index is 13.4. The van der Waals surface area contributed by atoms with Gasteiger partial charge in [-0.05, 0) is 43.7 Å². The first-order valence-corrected chi connectivity index (χ1v) is 9.67. The molecule has 148 valence electrons. The van der Waals surface area contributed by atoms with Crippen LogP contribution in [0.25, 0.3) is 21.3 Å². The number of carboxylic acids is 1. The molecule has 0 aliphatic rings. The summed E-state index contributed by atoms with van der Waals surface area (Å²) in [5.74, 6) is 0.308. The largest absolute Gasteiger partial charge is 0.497 e. The van der Waals surface area contributed by atoms with Crippen molar-refractivity contribution in [2.24, 2.45) is 0 Å². The maximum absolute atomic E-state index is 13.4. The molecule has 0 fully saturated rings. The number of nitrogens with zero attached hydrogens (tertiary/aromatic N) is 2. The van der Waals surface area contributed by atoms with Crippen LogP contribution in [0, 0.1) is 13.8 Å². The number of aromatic nitrogens is 2. The number of benzene rings is 1. The molecular formula is C21H18N2O5S. The van der Waals surface area contributed by atoms with Gasteiger partial charge in [0.05, 0.1) is 19.0 Å². The van der Waals surface area contributed by atoms with Gasteiger partial charge in [0.1, 0.15) is 22.2 Å². The number of fused-ring (bicyclic) bond motifs is 1. The average molecular weight is 410 g/mol. The first kappa shape index (κ1) is 18.9. The van der Waals surface area contributed by atoms with Crippen LogP contribution in [0.3, 0.4) is 0 Å².